The highest BCUT2D eigenvalue weighted by Gasteiger charge is 2.29. The van der Waals surface area contributed by atoms with Crippen LogP contribution < -0.4 is 5.32 Å². The molecule has 0 spiro atoms. The predicted octanol–water partition coefficient (Wildman–Crippen LogP) is 2.47. The van der Waals surface area contributed by atoms with Gasteiger partial charge in [-0.2, -0.15) is 0 Å². The number of rotatable bonds is 6. The maximum absolute atomic E-state index is 13.0. The van der Waals surface area contributed by atoms with E-state index in [0.29, 0.717) is 19.5 Å². The van der Waals surface area contributed by atoms with Crippen molar-refractivity contribution in [2.24, 2.45) is 11.8 Å². The number of hydrogen-bond donors (Lipinski definition) is 2. The molecule has 5 nitrogen and oxygen atoms in total. The molecule has 0 aromatic heterocycles. The second-order valence-corrected chi connectivity index (χ2v) is 6.40. The third-order valence-corrected chi connectivity index (χ3v) is 4.20. The maximum Gasteiger partial charge on any atom is 0.307 e. The topological polar surface area (TPSA) is 69.6 Å². The lowest BCUT2D eigenvalue weighted by Gasteiger charge is -2.24. The Kier molecular flexibility index (Phi) is 7.63. The fourth-order valence-electron chi connectivity index (χ4n) is 2.91. The third-order valence-electron chi connectivity index (χ3n) is 4.20. The zero-order valence-corrected chi connectivity index (χ0v) is 14.7. The smallest absolute Gasteiger partial charge is 0.307 e. The predicted molar refractivity (Wildman–Crippen MR) is 91.6 cm³/mol. The highest BCUT2D eigenvalue weighted by molar-refractivity contribution is 5.85. The second-order valence-electron chi connectivity index (χ2n) is 6.40. The molecule has 7 heteroatoms. The number of aliphatic carboxylic acids is 1. The zero-order valence-electron chi connectivity index (χ0n) is 13.9. The summed E-state index contributed by atoms with van der Waals surface area (Å²) in [6.07, 6.45) is 0.578. The Morgan fingerprint density at radius 2 is 1.96 bits per heavy atom. The van der Waals surface area contributed by atoms with Gasteiger partial charge in [0.1, 0.15) is 5.82 Å². The SMILES string of the molecule is CC(C)C(NC(=O)CN1CCC(C(=O)O)C1)c1ccc(F)cc1.Cl. The Morgan fingerprint density at radius 3 is 2.46 bits per heavy atom. The number of carboxylic acids is 1. The van der Waals surface area contributed by atoms with Gasteiger partial charge in [-0.1, -0.05) is 26.0 Å². The molecular formula is C17H24ClFN2O3. The van der Waals surface area contributed by atoms with E-state index in [1.165, 1.54) is 12.1 Å². The van der Waals surface area contributed by atoms with Crippen LogP contribution in [0.4, 0.5) is 4.39 Å². The minimum atomic E-state index is -0.806. The van der Waals surface area contributed by atoms with Crippen LogP contribution in [0.3, 0.4) is 0 Å². The fraction of sp³-hybridized carbons (Fsp3) is 0.529. The van der Waals surface area contributed by atoms with E-state index in [9.17, 15) is 14.0 Å². The van der Waals surface area contributed by atoms with Crippen LogP contribution in [0.1, 0.15) is 31.9 Å². The highest BCUT2D eigenvalue weighted by Crippen LogP contribution is 2.22. The largest absolute Gasteiger partial charge is 0.481 e. The summed E-state index contributed by atoms with van der Waals surface area (Å²) in [5.74, 6) is -1.48. The molecule has 0 bridgehead atoms. The minimum absolute atomic E-state index is 0. The van der Waals surface area contributed by atoms with Crippen molar-refractivity contribution in [3.05, 3.63) is 35.6 Å². The Labute approximate surface area is 147 Å². The van der Waals surface area contributed by atoms with Gasteiger partial charge in [-0.15, -0.1) is 12.4 Å². The number of likely N-dealkylation sites (tertiary alicyclic amines) is 1. The first-order valence-corrected chi connectivity index (χ1v) is 7.86. The van der Waals surface area contributed by atoms with Crippen molar-refractivity contribution < 1.29 is 19.1 Å². The van der Waals surface area contributed by atoms with Crippen LogP contribution in [0.5, 0.6) is 0 Å². The normalized spacial score (nSPS) is 18.9. The van der Waals surface area contributed by atoms with Gasteiger partial charge in [-0.3, -0.25) is 14.5 Å². The van der Waals surface area contributed by atoms with Gasteiger partial charge in [0.15, 0.2) is 0 Å². The van der Waals surface area contributed by atoms with Gasteiger partial charge in [-0.25, -0.2) is 4.39 Å². The molecule has 0 aliphatic carbocycles. The lowest BCUT2D eigenvalue weighted by molar-refractivity contribution is -0.141. The molecule has 0 saturated carbocycles. The van der Waals surface area contributed by atoms with Gasteiger partial charge in [0.2, 0.25) is 5.91 Å². The summed E-state index contributed by atoms with van der Waals surface area (Å²) in [5.41, 5.74) is 0.861. The molecule has 1 aliphatic rings. The number of carboxylic acid groups (broad SMARTS) is 1. The van der Waals surface area contributed by atoms with Crippen LogP contribution in [0.2, 0.25) is 0 Å². The Hall–Kier alpha value is -1.66. The van der Waals surface area contributed by atoms with Crippen molar-refractivity contribution in [1.29, 1.82) is 0 Å². The van der Waals surface area contributed by atoms with Crippen LogP contribution in [0.25, 0.3) is 0 Å². The summed E-state index contributed by atoms with van der Waals surface area (Å²) in [4.78, 5) is 25.1. The number of nitrogens with one attached hydrogen (secondary N) is 1. The Morgan fingerprint density at radius 1 is 1.33 bits per heavy atom. The molecule has 1 amide bonds. The van der Waals surface area contributed by atoms with E-state index in [-0.39, 0.29) is 48.6 Å². The van der Waals surface area contributed by atoms with Gasteiger partial charge in [0, 0.05) is 6.54 Å². The van der Waals surface area contributed by atoms with Crippen molar-refractivity contribution in [1.82, 2.24) is 10.2 Å². The van der Waals surface area contributed by atoms with Gasteiger partial charge in [0.05, 0.1) is 18.5 Å². The third kappa shape index (κ3) is 5.46. The molecule has 2 unspecified atom stereocenters. The fourth-order valence-corrected chi connectivity index (χ4v) is 2.91. The first-order valence-electron chi connectivity index (χ1n) is 7.86. The van der Waals surface area contributed by atoms with Crippen LogP contribution in [0.15, 0.2) is 24.3 Å². The first-order chi connectivity index (χ1) is 10.9. The van der Waals surface area contributed by atoms with Crippen molar-refractivity contribution in [3.63, 3.8) is 0 Å². The molecule has 2 rings (SSSR count). The Bertz CT molecular complexity index is 565. The second kappa shape index (κ2) is 8.99. The average Bonchev–Trinajstić information content (AvgIpc) is 2.94. The summed E-state index contributed by atoms with van der Waals surface area (Å²) in [5, 5.41) is 12.0. The lowest BCUT2D eigenvalue weighted by Crippen LogP contribution is -2.39. The summed E-state index contributed by atoms with van der Waals surface area (Å²) in [6.45, 7) is 5.20. The number of benzene rings is 1. The molecule has 1 saturated heterocycles. The maximum atomic E-state index is 13.0. The van der Waals surface area contributed by atoms with Crippen LogP contribution >= 0.6 is 12.4 Å². The molecule has 0 radical (unpaired) electrons. The van der Waals surface area contributed by atoms with Crippen LogP contribution in [0, 0.1) is 17.7 Å². The molecule has 2 N–H and O–H groups in total. The molecule has 2 atom stereocenters. The van der Waals surface area contributed by atoms with E-state index in [1.807, 2.05) is 18.7 Å². The zero-order chi connectivity index (χ0) is 17.0. The number of hydrogen-bond acceptors (Lipinski definition) is 3. The minimum Gasteiger partial charge on any atom is -0.481 e. The number of halogens is 2. The van der Waals surface area contributed by atoms with Crippen molar-refractivity contribution >= 4 is 24.3 Å². The van der Waals surface area contributed by atoms with Crippen LogP contribution in [-0.2, 0) is 9.59 Å². The standard InChI is InChI=1S/C17H23FN2O3.ClH/c1-11(2)16(12-3-5-14(18)6-4-12)19-15(21)10-20-8-7-13(9-20)17(22)23;/h3-6,11,13,16H,7-10H2,1-2H3,(H,19,21)(H,22,23);1H. The summed E-state index contributed by atoms with van der Waals surface area (Å²) < 4.78 is 13.0. The summed E-state index contributed by atoms with van der Waals surface area (Å²) >= 11 is 0. The summed E-state index contributed by atoms with van der Waals surface area (Å²) in [7, 11) is 0. The van der Waals surface area contributed by atoms with E-state index >= 15 is 0 Å². The van der Waals surface area contributed by atoms with E-state index in [2.05, 4.69) is 5.32 Å². The number of carbonyl (C=O) groups excluding carboxylic acids is 1. The molecule has 1 heterocycles. The lowest BCUT2D eigenvalue weighted by atomic mass is 9.96. The molecule has 134 valence electrons. The Balaban J connectivity index is 0.00000288. The highest BCUT2D eigenvalue weighted by atomic mass is 35.5. The van der Waals surface area contributed by atoms with Crippen molar-refractivity contribution in [3.8, 4) is 0 Å². The quantitative estimate of drug-likeness (QED) is 0.819. The van der Waals surface area contributed by atoms with Gasteiger partial charge < -0.3 is 10.4 Å². The van der Waals surface area contributed by atoms with Crippen LogP contribution in [-0.4, -0.2) is 41.5 Å². The van der Waals surface area contributed by atoms with Gasteiger partial charge in [0.25, 0.3) is 0 Å². The number of amides is 1. The number of carbonyl (C=O) groups is 2. The van der Waals surface area contributed by atoms with E-state index < -0.39 is 5.97 Å². The van der Waals surface area contributed by atoms with Gasteiger partial charge >= 0.3 is 5.97 Å². The molecule has 1 fully saturated rings. The van der Waals surface area contributed by atoms with Crippen molar-refractivity contribution in [2.45, 2.75) is 26.3 Å². The van der Waals surface area contributed by atoms with E-state index in [0.717, 1.165) is 5.56 Å². The van der Waals surface area contributed by atoms with E-state index in [1.54, 1.807) is 12.1 Å². The molecular weight excluding hydrogens is 335 g/mol. The molecule has 1 aliphatic heterocycles. The molecule has 1 aromatic rings. The van der Waals surface area contributed by atoms with E-state index in [4.69, 9.17) is 5.11 Å². The average molecular weight is 359 g/mol. The van der Waals surface area contributed by atoms with Gasteiger partial charge in [-0.05, 0) is 36.6 Å². The van der Waals surface area contributed by atoms with Crippen molar-refractivity contribution in [2.75, 3.05) is 19.6 Å². The molecule has 24 heavy (non-hydrogen) atoms. The summed E-state index contributed by atoms with van der Waals surface area (Å²) in [6, 6.07) is 5.93. The number of nitrogens with zero attached hydrogens (tertiary/aromatic N) is 1. The monoisotopic (exact) mass is 358 g/mol. The first kappa shape index (κ1) is 20.4. The molecule has 1 aromatic carbocycles.